The van der Waals surface area contributed by atoms with E-state index in [1.165, 1.54) is 10.7 Å². The number of aromatic nitrogens is 3. The van der Waals surface area contributed by atoms with Crippen molar-refractivity contribution < 1.29 is 9.18 Å². The number of benzene rings is 2. The Morgan fingerprint density at radius 2 is 2.03 bits per heavy atom. The molecule has 1 aliphatic heterocycles. The first-order valence-electron chi connectivity index (χ1n) is 9.72. The van der Waals surface area contributed by atoms with Crippen LogP contribution in [0.1, 0.15) is 42.5 Å². The van der Waals surface area contributed by atoms with Crippen molar-refractivity contribution in [3.63, 3.8) is 0 Å². The van der Waals surface area contributed by atoms with E-state index < -0.39 is 11.9 Å². The van der Waals surface area contributed by atoms with Gasteiger partial charge in [-0.1, -0.05) is 54.4 Å². The van der Waals surface area contributed by atoms with Crippen molar-refractivity contribution in [2.75, 3.05) is 10.6 Å². The fourth-order valence-electron chi connectivity index (χ4n) is 3.36. The Balaban J connectivity index is 1.80. The molecule has 2 N–H and O–H groups in total. The smallest absolute Gasteiger partial charge is 0.250 e. The number of nitrogens with one attached hydrogen (secondary N) is 2. The van der Waals surface area contributed by atoms with Gasteiger partial charge in [0.05, 0.1) is 0 Å². The Labute approximate surface area is 178 Å². The molecule has 2 aromatic carbocycles. The van der Waals surface area contributed by atoms with Gasteiger partial charge >= 0.3 is 0 Å². The number of anilines is 2. The molecule has 6 nitrogen and oxygen atoms in total. The number of hydrogen-bond donors (Lipinski definition) is 2. The van der Waals surface area contributed by atoms with Gasteiger partial charge in [0.25, 0.3) is 5.95 Å². The van der Waals surface area contributed by atoms with Gasteiger partial charge in [-0.25, -0.2) is 9.07 Å². The second kappa shape index (κ2) is 8.28. The number of carbonyl (C=O) groups is 1. The summed E-state index contributed by atoms with van der Waals surface area (Å²) in [6, 6.07) is 11.9. The minimum atomic E-state index is -0.629. The van der Waals surface area contributed by atoms with Crippen LogP contribution in [-0.4, -0.2) is 20.7 Å². The molecule has 8 heteroatoms. The van der Waals surface area contributed by atoms with Crippen LogP contribution in [0.4, 0.5) is 16.3 Å². The Morgan fingerprint density at radius 1 is 1.27 bits per heavy atom. The predicted octanol–water partition coefficient (Wildman–Crippen LogP) is 5.17. The van der Waals surface area contributed by atoms with E-state index in [2.05, 4.69) is 20.7 Å². The third kappa shape index (κ3) is 3.93. The lowest BCUT2D eigenvalue weighted by atomic mass is 10.0. The van der Waals surface area contributed by atoms with Gasteiger partial charge in [-0.3, -0.25) is 10.1 Å². The number of carbonyl (C=O) groups excluding carboxylic acids is 1. The first-order chi connectivity index (χ1) is 14.5. The molecule has 3 aromatic rings. The van der Waals surface area contributed by atoms with Gasteiger partial charge < -0.3 is 5.32 Å². The molecule has 0 fully saturated rings. The van der Waals surface area contributed by atoms with E-state index >= 15 is 0 Å². The molecule has 0 spiro atoms. The van der Waals surface area contributed by atoms with Gasteiger partial charge in [-0.15, -0.1) is 5.10 Å². The molecule has 0 saturated heterocycles. The molecule has 1 atom stereocenters. The maximum Gasteiger partial charge on any atom is 0.250 e. The fraction of sp³-hybridized carbons (Fsp3) is 0.227. The number of halogens is 2. The summed E-state index contributed by atoms with van der Waals surface area (Å²) < 4.78 is 16.3. The lowest BCUT2D eigenvalue weighted by Gasteiger charge is -2.25. The first-order valence-corrected chi connectivity index (χ1v) is 10.1. The van der Waals surface area contributed by atoms with E-state index in [1.54, 1.807) is 12.1 Å². The Hall–Kier alpha value is -3.19. The van der Waals surface area contributed by atoms with Crippen molar-refractivity contribution in [3.05, 3.63) is 76.1 Å². The fourth-order valence-corrected chi connectivity index (χ4v) is 3.64. The van der Waals surface area contributed by atoms with Crippen molar-refractivity contribution in [2.24, 2.45) is 0 Å². The van der Waals surface area contributed by atoms with Crippen molar-refractivity contribution >= 4 is 35.1 Å². The molecule has 30 heavy (non-hydrogen) atoms. The highest BCUT2D eigenvalue weighted by Gasteiger charge is 2.29. The van der Waals surface area contributed by atoms with E-state index in [9.17, 15) is 9.18 Å². The molecule has 0 aliphatic carbocycles. The second-order valence-corrected chi connectivity index (χ2v) is 7.56. The van der Waals surface area contributed by atoms with Crippen LogP contribution in [0.3, 0.4) is 0 Å². The third-order valence-electron chi connectivity index (χ3n) is 4.85. The molecule has 1 aliphatic rings. The van der Waals surface area contributed by atoms with Crippen LogP contribution in [0.15, 0.2) is 48.5 Å². The lowest BCUT2D eigenvalue weighted by Crippen LogP contribution is -2.21. The number of nitrogens with zero attached hydrogens (tertiary/aromatic N) is 3. The van der Waals surface area contributed by atoms with Crippen LogP contribution in [0.2, 0.25) is 5.02 Å². The van der Waals surface area contributed by atoms with Crippen LogP contribution >= 0.6 is 11.6 Å². The van der Waals surface area contributed by atoms with Gasteiger partial charge in [0, 0.05) is 22.7 Å². The van der Waals surface area contributed by atoms with Gasteiger partial charge in [0.1, 0.15) is 11.9 Å². The number of aryl methyl sites for hydroxylation is 1. The quantitative estimate of drug-likeness (QED) is 0.591. The van der Waals surface area contributed by atoms with Crippen molar-refractivity contribution in [2.45, 2.75) is 32.7 Å². The summed E-state index contributed by atoms with van der Waals surface area (Å²) in [4.78, 5) is 16.4. The Kier molecular flexibility index (Phi) is 5.55. The molecule has 4 rings (SSSR count). The number of allylic oxidation sites excluding steroid dienone is 1. The summed E-state index contributed by atoms with van der Waals surface area (Å²) in [5.74, 6) is -0.0595. The van der Waals surface area contributed by atoms with Crippen LogP contribution in [0.5, 0.6) is 0 Å². The van der Waals surface area contributed by atoms with Gasteiger partial charge in [0.2, 0.25) is 11.9 Å². The third-order valence-corrected chi connectivity index (χ3v) is 5.18. The number of hydrogen-bond acceptors (Lipinski definition) is 4. The molecular weight excluding hydrogens is 405 g/mol. The molecule has 154 valence electrons. The molecule has 0 saturated carbocycles. The van der Waals surface area contributed by atoms with Crippen LogP contribution in [0.25, 0.3) is 5.70 Å². The summed E-state index contributed by atoms with van der Waals surface area (Å²) >= 11 is 6.36. The summed E-state index contributed by atoms with van der Waals surface area (Å²) in [6.45, 7) is 3.93. The molecule has 1 aromatic heterocycles. The maximum atomic E-state index is 14.8. The molecule has 0 unspecified atom stereocenters. The predicted molar refractivity (Wildman–Crippen MR) is 116 cm³/mol. The first kappa shape index (κ1) is 20.1. The average molecular weight is 426 g/mol. The Bertz CT molecular complexity index is 1100. The normalized spacial score (nSPS) is 15.2. The molecule has 0 radical (unpaired) electrons. The van der Waals surface area contributed by atoms with E-state index in [4.69, 9.17) is 11.6 Å². The van der Waals surface area contributed by atoms with E-state index in [1.807, 2.05) is 44.2 Å². The highest BCUT2D eigenvalue weighted by Crippen LogP contribution is 2.37. The second-order valence-electron chi connectivity index (χ2n) is 7.15. The zero-order valence-corrected chi connectivity index (χ0v) is 17.4. The van der Waals surface area contributed by atoms with Crippen LogP contribution in [-0.2, 0) is 4.79 Å². The van der Waals surface area contributed by atoms with E-state index in [0.717, 1.165) is 16.8 Å². The Morgan fingerprint density at radius 3 is 2.73 bits per heavy atom. The zero-order chi connectivity index (χ0) is 21.3. The SMILES string of the molecule is CCCC(=O)Nc1nc2n(n1)[C@@H](c1c(F)cccc1Cl)C=C(c1ccc(C)cc1)N2. The highest BCUT2D eigenvalue weighted by atomic mass is 35.5. The largest absolute Gasteiger partial charge is 0.324 e. The van der Waals surface area contributed by atoms with Gasteiger partial charge in [-0.2, -0.15) is 4.98 Å². The van der Waals surface area contributed by atoms with E-state index in [-0.39, 0.29) is 11.9 Å². The summed E-state index contributed by atoms with van der Waals surface area (Å²) in [7, 11) is 0. The topological polar surface area (TPSA) is 71.8 Å². The van der Waals surface area contributed by atoms with Gasteiger partial charge in [0.15, 0.2) is 0 Å². The molecular formula is C22H21ClFN5O. The van der Waals surface area contributed by atoms with Crippen LogP contribution in [0, 0.1) is 12.7 Å². The number of amides is 1. The van der Waals surface area contributed by atoms with Crippen molar-refractivity contribution in [1.82, 2.24) is 14.8 Å². The minimum absolute atomic E-state index is 0.159. The van der Waals surface area contributed by atoms with Crippen molar-refractivity contribution in [3.8, 4) is 0 Å². The van der Waals surface area contributed by atoms with Crippen LogP contribution < -0.4 is 10.6 Å². The summed E-state index contributed by atoms with van der Waals surface area (Å²) in [5.41, 5.74) is 3.10. The number of rotatable bonds is 5. The standard InChI is InChI=1S/C22H21ClFN5O/c1-3-5-19(30)26-21-27-22-25-17(14-10-8-13(2)9-11-14)12-18(29(22)28-21)20-15(23)6-4-7-16(20)24/h4,6-12,18H,3,5H2,1-2H3,(H2,25,26,27,28,30)/t18-/m1/s1. The molecule has 0 bridgehead atoms. The van der Waals surface area contributed by atoms with E-state index in [0.29, 0.717) is 29.4 Å². The number of fused-ring (bicyclic) bond motifs is 1. The minimum Gasteiger partial charge on any atom is -0.324 e. The van der Waals surface area contributed by atoms with Gasteiger partial charge in [-0.05, 0) is 37.1 Å². The average Bonchev–Trinajstić information content (AvgIpc) is 3.10. The monoisotopic (exact) mass is 425 g/mol. The zero-order valence-electron chi connectivity index (χ0n) is 16.6. The lowest BCUT2D eigenvalue weighted by molar-refractivity contribution is -0.116. The van der Waals surface area contributed by atoms with Crippen molar-refractivity contribution in [1.29, 1.82) is 0 Å². The maximum absolute atomic E-state index is 14.8. The molecule has 2 heterocycles. The highest BCUT2D eigenvalue weighted by molar-refractivity contribution is 6.31. The molecule has 1 amide bonds. The summed E-state index contributed by atoms with van der Waals surface area (Å²) in [5, 5.41) is 10.6. The summed E-state index contributed by atoms with van der Waals surface area (Å²) in [6.07, 6.45) is 2.94.